The molecule has 1 aliphatic heterocycles. The molecule has 0 aromatic heterocycles. The Morgan fingerprint density at radius 1 is 1.03 bits per heavy atom. The number of carbonyl (C=O) groups is 2. The summed E-state index contributed by atoms with van der Waals surface area (Å²) < 4.78 is 45.1. The third-order valence-electron chi connectivity index (χ3n) is 4.96. The lowest BCUT2D eigenvalue weighted by Crippen LogP contribution is -2.25. The van der Waals surface area contributed by atoms with E-state index in [9.17, 15) is 22.4 Å². The van der Waals surface area contributed by atoms with Crippen LogP contribution in [0.25, 0.3) is 0 Å². The van der Waals surface area contributed by atoms with Gasteiger partial charge in [0.1, 0.15) is 12.4 Å². The molecule has 2 amide bonds. The van der Waals surface area contributed by atoms with Gasteiger partial charge in [0.2, 0.25) is 0 Å². The van der Waals surface area contributed by atoms with Crippen molar-refractivity contribution in [1.82, 2.24) is 5.32 Å². The summed E-state index contributed by atoms with van der Waals surface area (Å²) in [5, 5.41) is 2.80. The number of nitrogens with one attached hydrogen (secondary N) is 2. The van der Waals surface area contributed by atoms with Crippen LogP contribution in [0.5, 0.6) is 0 Å². The Morgan fingerprint density at radius 3 is 2.42 bits per heavy atom. The molecule has 0 radical (unpaired) electrons. The minimum atomic E-state index is -3.88. The number of carbonyl (C=O) groups excluding carboxylic acids is 2. The molecule has 0 spiro atoms. The highest BCUT2D eigenvalue weighted by atomic mass is 32.2. The van der Waals surface area contributed by atoms with Gasteiger partial charge in [-0.3, -0.25) is 14.4 Å². The first-order valence-corrected chi connectivity index (χ1v) is 11.5. The molecular formula is C23H20FN3O5S. The van der Waals surface area contributed by atoms with Crippen molar-refractivity contribution >= 4 is 33.4 Å². The maximum absolute atomic E-state index is 13.0. The van der Waals surface area contributed by atoms with Crippen LogP contribution >= 0.6 is 0 Å². The molecule has 2 N–H and O–H groups in total. The number of hydrogen-bond acceptors (Lipinski definition) is 5. The maximum Gasteiger partial charge on any atom is 0.414 e. The van der Waals surface area contributed by atoms with Gasteiger partial charge in [0.15, 0.2) is 0 Å². The van der Waals surface area contributed by atoms with E-state index < -0.39 is 21.9 Å². The van der Waals surface area contributed by atoms with E-state index >= 15 is 0 Å². The van der Waals surface area contributed by atoms with Crippen molar-refractivity contribution in [3.05, 3.63) is 89.7 Å². The zero-order chi connectivity index (χ0) is 23.4. The molecule has 1 heterocycles. The summed E-state index contributed by atoms with van der Waals surface area (Å²) in [5.74, 6) is -0.872. The molecule has 3 aromatic carbocycles. The van der Waals surface area contributed by atoms with Gasteiger partial charge in [0.25, 0.3) is 15.9 Å². The Hall–Kier alpha value is -3.92. The van der Waals surface area contributed by atoms with E-state index in [0.717, 1.165) is 17.7 Å². The van der Waals surface area contributed by atoms with Crippen molar-refractivity contribution < 1.29 is 27.1 Å². The Labute approximate surface area is 190 Å². The number of halogens is 1. The minimum Gasteiger partial charge on any atom is -0.447 e. The third-order valence-corrected chi connectivity index (χ3v) is 6.36. The average Bonchev–Trinajstić information content (AvgIpc) is 3.24. The van der Waals surface area contributed by atoms with E-state index in [0.29, 0.717) is 24.4 Å². The van der Waals surface area contributed by atoms with E-state index in [1.807, 2.05) is 6.07 Å². The van der Waals surface area contributed by atoms with E-state index in [1.54, 1.807) is 18.2 Å². The number of rotatable bonds is 7. The highest BCUT2D eigenvalue weighted by Crippen LogP contribution is 2.20. The summed E-state index contributed by atoms with van der Waals surface area (Å²) in [6, 6.07) is 17.6. The Bertz CT molecular complexity index is 1280. The fourth-order valence-corrected chi connectivity index (χ4v) is 4.32. The number of hydrogen-bond donors (Lipinski definition) is 2. The molecule has 10 heteroatoms. The number of amides is 2. The van der Waals surface area contributed by atoms with Gasteiger partial charge in [-0.1, -0.05) is 12.1 Å². The van der Waals surface area contributed by atoms with E-state index in [-0.39, 0.29) is 23.0 Å². The summed E-state index contributed by atoms with van der Waals surface area (Å²) in [7, 11) is -3.88. The van der Waals surface area contributed by atoms with Gasteiger partial charge in [-0.05, 0) is 66.2 Å². The second-order valence-electron chi connectivity index (χ2n) is 7.26. The number of nitrogens with zero attached hydrogens (tertiary/aromatic N) is 1. The number of anilines is 2. The molecule has 0 atom stereocenters. The molecule has 0 unspecified atom stereocenters. The lowest BCUT2D eigenvalue weighted by atomic mass is 10.1. The SMILES string of the molecule is O=C(NCc1cccc(N2CCOC2=O)c1)c1ccc(NS(=O)(=O)c2ccc(F)cc2)cc1. The van der Waals surface area contributed by atoms with E-state index in [4.69, 9.17) is 4.74 Å². The van der Waals surface area contributed by atoms with Crippen molar-refractivity contribution in [3.8, 4) is 0 Å². The normalized spacial score (nSPS) is 13.5. The first-order valence-electron chi connectivity index (χ1n) is 10.0. The number of benzene rings is 3. The maximum atomic E-state index is 13.0. The molecule has 33 heavy (non-hydrogen) atoms. The molecule has 0 aliphatic carbocycles. The van der Waals surface area contributed by atoms with Crippen molar-refractivity contribution in [1.29, 1.82) is 0 Å². The predicted octanol–water partition coefficient (Wildman–Crippen LogP) is 3.51. The third kappa shape index (κ3) is 5.29. The van der Waals surface area contributed by atoms with Crippen LogP contribution in [-0.2, 0) is 21.3 Å². The summed E-state index contributed by atoms with van der Waals surface area (Å²) in [5.41, 5.74) is 2.12. The highest BCUT2D eigenvalue weighted by Gasteiger charge is 2.23. The van der Waals surface area contributed by atoms with Crippen LogP contribution in [0.3, 0.4) is 0 Å². The number of ether oxygens (including phenoxy) is 1. The molecule has 8 nitrogen and oxygen atoms in total. The fraction of sp³-hybridized carbons (Fsp3) is 0.130. The van der Waals surface area contributed by atoms with Crippen LogP contribution in [-0.4, -0.2) is 33.6 Å². The van der Waals surface area contributed by atoms with Crippen molar-refractivity contribution in [3.63, 3.8) is 0 Å². The van der Waals surface area contributed by atoms with Crippen LogP contribution in [0.4, 0.5) is 20.6 Å². The highest BCUT2D eigenvalue weighted by molar-refractivity contribution is 7.92. The number of cyclic esters (lactones) is 1. The molecule has 1 saturated heterocycles. The molecule has 0 bridgehead atoms. The summed E-state index contributed by atoms with van der Waals surface area (Å²) in [6.07, 6.45) is -0.397. The Kier molecular flexibility index (Phi) is 6.27. The van der Waals surface area contributed by atoms with Crippen molar-refractivity contribution in [2.75, 3.05) is 22.8 Å². The largest absolute Gasteiger partial charge is 0.447 e. The first kappa shape index (κ1) is 22.3. The lowest BCUT2D eigenvalue weighted by Gasteiger charge is -2.14. The van der Waals surface area contributed by atoms with E-state index in [2.05, 4.69) is 10.0 Å². The lowest BCUT2D eigenvalue weighted by molar-refractivity contribution is 0.0951. The van der Waals surface area contributed by atoms with Crippen LogP contribution in [0, 0.1) is 5.82 Å². The van der Waals surface area contributed by atoms with Crippen LogP contribution < -0.4 is 14.9 Å². The fourth-order valence-electron chi connectivity index (χ4n) is 3.26. The molecule has 0 saturated carbocycles. The summed E-state index contributed by atoms with van der Waals surface area (Å²) >= 11 is 0. The number of sulfonamides is 1. The summed E-state index contributed by atoms with van der Waals surface area (Å²) in [6.45, 7) is 1.07. The van der Waals surface area contributed by atoms with E-state index in [1.165, 1.54) is 41.3 Å². The van der Waals surface area contributed by atoms with Gasteiger partial charge in [-0.2, -0.15) is 0 Å². The molecule has 170 valence electrons. The van der Waals surface area contributed by atoms with Gasteiger partial charge < -0.3 is 10.1 Å². The van der Waals surface area contributed by atoms with Gasteiger partial charge in [0.05, 0.1) is 11.4 Å². The standard InChI is InChI=1S/C23H20FN3O5S/c24-18-6-10-21(11-7-18)33(30,31)26-19-8-4-17(5-9-19)22(28)25-15-16-2-1-3-20(14-16)27-12-13-32-23(27)29/h1-11,14,26H,12-13,15H2,(H,25,28). The quantitative estimate of drug-likeness (QED) is 0.551. The van der Waals surface area contributed by atoms with Gasteiger partial charge >= 0.3 is 6.09 Å². The predicted molar refractivity (Wildman–Crippen MR) is 120 cm³/mol. The second-order valence-corrected chi connectivity index (χ2v) is 8.94. The van der Waals surface area contributed by atoms with Crippen LogP contribution in [0.2, 0.25) is 0 Å². The monoisotopic (exact) mass is 469 g/mol. The van der Waals surface area contributed by atoms with Gasteiger partial charge in [-0.15, -0.1) is 0 Å². The Balaban J connectivity index is 1.37. The zero-order valence-corrected chi connectivity index (χ0v) is 18.1. The zero-order valence-electron chi connectivity index (χ0n) is 17.3. The average molecular weight is 469 g/mol. The molecule has 1 fully saturated rings. The topological polar surface area (TPSA) is 105 Å². The van der Waals surface area contributed by atoms with Crippen LogP contribution in [0.15, 0.2) is 77.7 Å². The van der Waals surface area contributed by atoms with Crippen molar-refractivity contribution in [2.45, 2.75) is 11.4 Å². The minimum absolute atomic E-state index is 0.0739. The summed E-state index contributed by atoms with van der Waals surface area (Å²) in [4.78, 5) is 25.7. The second kappa shape index (κ2) is 9.29. The molecule has 1 aliphatic rings. The van der Waals surface area contributed by atoms with Crippen molar-refractivity contribution in [2.24, 2.45) is 0 Å². The van der Waals surface area contributed by atoms with Crippen LogP contribution in [0.1, 0.15) is 15.9 Å². The molecule has 3 aromatic rings. The molecular weight excluding hydrogens is 449 g/mol. The van der Waals surface area contributed by atoms with Gasteiger partial charge in [0, 0.05) is 23.5 Å². The first-order chi connectivity index (χ1) is 15.8. The Morgan fingerprint density at radius 2 is 1.76 bits per heavy atom. The smallest absolute Gasteiger partial charge is 0.414 e. The van der Waals surface area contributed by atoms with Gasteiger partial charge in [-0.25, -0.2) is 17.6 Å². The molecule has 4 rings (SSSR count).